The molecule has 0 saturated carbocycles. The summed E-state index contributed by atoms with van der Waals surface area (Å²) in [4.78, 5) is 23.7. The van der Waals surface area contributed by atoms with Gasteiger partial charge in [-0.2, -0.15) is 0 Å². The summed E-state index contributed by atoms with van der Waals surface area (Å²) in [5, 5.41) is 5.35. The van der Waals surface area contributed by atoms with Crippen molar-refractivity contribution in [2.24, 2.45) is 0 Å². The van der Waals surface area contributed by atoms with Gasteiger partial charge in [-0.3, -0.25) is 9.59 Å². The van der Waals surface area contributed by atoms with Crippen molar-refractivity contribution in [3.05, 3.63) is 59.5 Å². The minimum Gasteiger partial charge on any atom is -0.467 e. The van der Waals surface area contributed by atoms with Gasteiger partial charge in [-0.1, -0.05) is 17.7 Å². The quantitative estimate of drug-likeness (QED) is 0.885. The van der Waals surface area contributed by atoms with Crippen molar-refractivity contribution in [1.82, 2.24) is 10.6 Å². The molecule has 0 saturated heterocycles. The minimum absolute atomic E-state index is 0.0716. The van der Waals surface area contributed by atoms with E-state index in [4.69, 9.17) is 4.42 Å². The molecule has 0 unspecified atom stereocenters. The van der Waals surface area contributed by atoms with E-state index in [1.807, 2.05) is 26.0 Å². The van der Waals surface area contributed by atoms with Gasteiger partial charge in [0.05, 0.1) is 18.8 Å². The van der Waals surface area contributed by atoms with Crippen molar-refractivity contribution < 1.29 is 14.0 Å². The summed E-state index contributed by atoms with van der Waals surface area (Å²) in [5.74, 6) is 0.146. The summed E-state index contributed by atoms with van der Waals surface area (Å²) in [6, 6.07) is 10.5. The molecule has 2 aromatic rings. The van der Waals surface area contributed by atoms with Crippen LogP contribution in [-0.2, 0) is 4.79 Å². The molecule has 0 fully saturated rings. The summed E-state index contributed by atoms with van der Waals surface area (Å²) in [6.07, 6.45) is 1.55. The molecule has 2 rings (SSSR count). The van der Waals surface area contributed by atoms with E-state index in [1.54, 1.807) is 30.5 Å². The fourth-order valence-corrected chi connectivity index (χ4v) is 1.95. The Hall–Kier alpha value is -2.56. The minimum atomic E-state index is -0.264. The number of hydrogen-bond donors (Lipinski definition) is 2. The molecule has 5 nitrogen and oxygen atoms in total. The van der Waals surface area contributed by atoms with Gasteiger partial charge in [0.25, 0.3) is 5.91 Å². The topological polar surface area (TPSA) is 71.3 Å². The molecule has 1 aromatic heterocycles. The first-order valence-electron chi connectivity index (χ1n) is 6.74. The van der Waals surface area contributed by atoms with Crippen LogP contribution in [0, 0.1) is 6.92 Å². The number of furan rings is 1. The van der Waals surface area contributed by atoms with Gasteiger partial charge in [0.2, 0.25) is 5.91 Å². The summed E-state index contributed by atoms with van der Waals surface area (Å²) in [6.45, 7) is 3.66. The lowest BCUT2D eigenvalue weighted by Crippen LogP contribution is -2.37. The Morgan fingerprint density at radius 2 is 2.05 bits per heavy atom. The number of amides is 2. The van der Waals surface area contributed by atoms with Gasteiger partial charge in [-0.15, -0.1) is 0 Å². The van der Waals surface area contributed by atoms with E-state index in [0.29, 0.717) is 11.3 Å². The standard InChI is InChI=1S/C16H18N2O3/c1-11-5-3-6-13(9-11)16(20)17-10-15(19)18-12(2)14-7-4-8-21-14/h3-9,12H,10H2,1-2H3,(H,17,20)(H,18,19)/t12-/m0/s1. The molecule has 1 aromatic carbocycles. The number of nitrogens with one attached hydrogen (secondary N) is 2. The molecule has 0 spiro atoms. The maximum atomic E-state index is 11.9. The second-order valence-corrected chi connectivity index (χ2v) is 4.86. The maximum absolute atomic E-state index is 11.9. The van der Waals surface area contributed by atoms with Crippen LogP contribution in [0.3, 0.4) is 0 Å². The average molecular weight is 286 g/mol. The lowest BCUT2D eigenvalue weighted by atomic mass is 10.1. The van der Waals surface area contributed by atoms with Crippen LogP contribution >= 0.6 is 0 Å². The van der Waals surface area contributed by atoms with Gasteiger partial charge in [0.1, 0.15) is 5.76 Å². The first kappa shape index (κ1) is 14.8. The van der Waals surface area contributed by atoms with Crippen molar-refractivity contribution in [3.8, 4) is 0 Å². The average Bonchev–Trinajstić information content (AvgIpc) is 2.99. The normalized spacial score (nSPS) is 11.7. The van der Waals surface area contributed by atoms with Crippen molar-refractivity contribution in [2.75, 3.05) is 6.54 Å². The molecule has 0 bridgehead atoms. The number of hydrogen-bond acceptors (Lipinski definition) is 3. The number of aryl methyl sites for hydroxylation is 1. The molecule has 110 valence electrons. The highest BCUT2D eigenvalue weighted by Crippen LogP contribution is 2.11. The summed E-state index contributed by atoms with van der Waals surface area (Å²) in [7, 11) is 0. The summed E-state index contributed by atoms with van der Waals surface area (Å²) < 4.78 is 5.20. The van der Waals surface area contributed by atoms with Gasteiger partial charge in [-0.05, 0) is 38.1 Å². The Morgan fingerprint density at radius 3 is 2.71 bits per heavy atom. The van der Waals surface area contributed by atoms with E-state index in [1.165, 1.54) is 0 Å². The van der Waals surface area contributed by atoms with Crippen LogP contribution < -0.4 is 10.6 Å². The van der Waals surface area contributed by atoms with Crippen LogP contribution in [-0.4, -0.2) is 18.4 Å². The van der Waals surface area contributed by atoms with Crippen molar-refractivity contribution in [2.45, 2.75) is 19.9 Å². The van der Waals surface area contributed by atoms with E-state index < -0.39 is 0 Å². The molecule has 2 N–H and O–H groups in total. The molecular formula is C16H18N2O3. The van der Waals surface area contributed by atoms with Crippen LogP contribution in [0.2, 0.25) is 0 Å². The zero-order chi connectivity index (χ0) is 15.2. The van der Waals surface area contributed by atoms with Crippen molar-refractivity contribution in [3.63, 3.8) is 0 Å². The molecule has 0 aliphatic carbocycles. The van der Waals surface area contributed by atoms with Crippen molar-refractivity contribution in [1.29, 1.82) is 0 Å². The third-order valence-electron chi connectivity index (χ3n) is 3.04. The molecule has 1 atom stereocenters. The molecule has 21 heavy (non-hydrogen) atoms. The van der Waals surface area contributed by atoms with E-state index in [-0.39, 0.29) is 24.4 Å². The summed E-state index contributed by atoms with van der Waals surface area (Å²) >= 11 is 0. The molecule has 2 amide bonds. The summed E-state index contributed by atoms with van der Waals surface area (Å²) in [5.41, 5.74) is 1.54. The predicted molar refractivity (Wildman–Crippen MR) is 78.8 cm³/mol. The zero-order valence-corrected chi connectivity index (χ0v) is 12.1. The lowest BCUT2D eigenvalue weighted by molar-refractivity contribution is -0.120. The number of carbonyl (C=O) groups is 2. The van der Waals surface area contributed by atoms with Gasteiger partial charge < -0.3 is 15.1 Å². The first-order valence-corrected chi connectivity index (χ1v) is 6.74. The fraction of sp³-hybridized carbons (Fsp3) is 0.250. The smallest absolute Gasteiger partial charge is 0.251 e. The Balaban J connectivity index is 1.82. The van der Waals surface area contributed by atoms with E-state index in [0.717, 1.165) is 5.56 Å². The largest absolute Gasteiger partial charge is 0.467 e. The van der Waals surface area contributed by atoms with Crippen LogP contribution in [0.4, 0.5) is 0 Å². The Labute approximate surface area is 123 Å². The fourth-order valence-electron chi connectivity index (χ4n) is 1.95. The SMILES string of the molecule is Cc1cccc(C(=O)NCC(=O)N[C@@H](C)c2ccco2)c1. The highest BCUT2D eigenvalue weighted by molar-refractivity contribution is 5.96. The Bertz CT molecular complexity index is 620. The van der Waals surface area contributed by atoms with Crippen LogP contribution in [0.15, 0.2) is 47.1 Å². The van der Waals surface area contributed by atoms with Crippen molar-refractivity contribution >= 4 is 11.8 Å². The number of carbonyl (C=O) groups excluding carboxylic acids is 2. The zero-order valence-electron chi connectivity index (χ0n) is 12.1. The van der Waals surface area contributed by atoms with Gasteiger partial charge >= 0.3 is 0 Å². The predicted octanol–water partition coefficient (Wildman–Crippen LogP) is 2.20. The van der Waals surface area contributed by atoms with Crippen LogP contribution in [0.1, 0.15) is 34.6 Å². The Morgan fingerprint density at radius 1 is 1.24 bits per heavy atom. The third kappa shape index (κ3) is 4.21. The van der Waals surface area contributed by atoms with Gasteiger partial charge in [0.15, 0.2) is 0 Å². The molecule has 0 aliphatic rings. The van der Waals surface area contributed by atoms with E-state index in [2.05, 4.69) is 10.6 Å². The van der Waals surface area contributed by atoms with Crippen LogP contribution in [0.25, 0.3) is 0 Å². The molecule has 0 radical (unpaired) electrons. The number of rotatable bonds is 5. The first-order chi connectivity index (χ1) is 10.1. The molecular weight excluding hydrogens is 268 g/mol. The maximum Gasteiger partial charge on any atom is 0.251 e. The van der Waals surface area contributed by atoms with E-state index in [9.17, 15) is 9.59 Å². The second kappa shape index (κ2) is 6.74. The Kier molecular flexibility index (Phi) is 4.77. The lowest BCUT2D eigenvalue weighted by Gasteiger charge is -2.12. The highest BCUT2D eigenvalue weighted by atomic mass is 16.3. The van der Waals surface area contributed by atoms with Gasteiger partial charge in [-0.25, -0.2) is 0 Å². The second-order valence-electron chi connectivity index (χ2n) is 4.86. The monoisotopic (exact) mass is 286 g/mol. The molecule has 5 heteroatoms. The van der Waals surface area contributed by atoms with E-state index >= 15 is 0 Å². The molecule has 1 heterocycles. The third-order valence-corrected chi connectivity index (χ3v) is 3.04. The van der Waals surface area contributed by atoms with Crippen LogP contribution in [0.5, 0.6) is 0 Å². The number of benzene rings is 1. The molecule has 0 aliphatic heterocycles. The van der Waals surface area contributed by atoms with Gasteiger partial charge in [0, 0.05) is 5.56 Å². The highest BCUT2D eigenvalue weighted by Gasteiger charge is 2.13.